The Labute approximate surface area is 144 Å². The summed E-state index contributed by atoms with van der Waals surface area (Å²) >= 11 is 0. The lowest BCUT2D eigenvalue weighted by atomic mass is 10.2. The lowest BCUT2D eigenvalue weighted by molar-refractivity contribution is 0.102. The molecule has 1 N–H and O–H groups in total. The van der Waals surface area contributed by atoms with Gasteiger partial charge in [0.2, 0.25) is 5.88 Å². The molecule has 1 aliphatic rings. The molecule has 1 fully saturated rings. The fraction of sp³-hybridized carbons (Fsp3) is 0.211. The largest absolute Gasteiger partial charge is 0.472 e. The summed E-state index contributed by atoms with van der Waals surface area (Å²) in [4.78, 5) is 20.9. The Bertz CT molecular complexity index is 890. The van der Waals surface area contributed by atoms with Crippen LogP contribution in [-0.4, -0.2) is 35.2 Å². The van der Waals surface area contributed by atoms with E-state index in [1.54, 1.807) is 18.3 Å². The number of nitrogens with one attached hydrogen (secondary N) is 1. The molecule has 25 heavy (non-hydrogen) atoms. The van der Waals surface area contributed by atoms with Crippen LogP contribution in [0.2, 0.25) is 0 Å². The smallest absolute Gasteiger partial charge is 0.257 e. The van der Waals surface area contributed by atoms with Gasteiger partial charge in [0, 0.05) is 36.0 Å². The van der Waals surface area contributed by atoms with E-state index < -0.39 is 0 Å². The maximum atomic E-state index is 12.4. The van der Waals surface area contributed by atoms with E-state index in [9.17, 15) is 4.79 Å². The molecule has 2 aromatic heterocycles. The number of benzene rings is 1. The Hall–Kier alpha value is -2.99. The van der Waals surface area contributed by atoms with Crippen LogP contribution in [0.25, 0.3) is 10.9 Å². The van der Waals surface area contributed by atoms with Crippen LogP contribution < -0.4 is 10.1 Å². The molecule has 0 saturated carbocycles. The van der Waals surface area contributed by atoms with Crippen LogP contribution in [0.4, 0.5) is 5.69 Å². The predicted molar refractivity (Wildman–Crippen MR) is 93.8 cm³/mol. The number of nitrogens with zero attached hydrogens (tertiary/aromatic N) is 2. The summed E-state index contributed by atoms with van der Waals surface area (Å²) in [7, 11) is 0. The number of carbonyl (C=O) groups excluding carboxylic acids is 1. The van der Waals surface area contributed by atoms with Crippen molar-refractivity contribution in [1.29, 1.82) is 0 Å². The number of carbonyl (C=O) groups is 1. The van der Waals surface area contributed by atoms with Gasteiger partial charge >= 0.3 is 0 Å². The van der Waals surface area contributed by atoms with Gasteiger partial charge in [-0.15, -0.1) is 0 Å². The molecule has 0 spiro atoms. The van der Waals surface area contributed by atoms with Crippen molar-refractivity contribution in [2.45, 2.75) is 12.5 Å². The van der Waals surface area contributed by atoms with Gasteiger partial charge in [-0.05, 0) is 30.3 Å². The minimum Gasteiger partial charge on any atom is -0.472 e. The van der Waals surface area contributed by atoms with Crippen molar-refractivity contribution in [2.75, 3.05) is 18.5 Å². The molecule has 1 unspecified atom stereocenters. The highest BCUT2D eigenvalue weighted by atomic mass is 16.5. The number of hydrogen-bond donors (Lipinski definition) is 1. The molecule has 3 heterocycles. The van der Waals surface area contributed by atoms with Crippen molar-refractivity contribution in [1.82, 2.24) is 9.97 Å². The average Bonchev–Trinajstić information content (AvgIpc) is 3.15. The fourth-order valence-electron chi connectivity index (χ4n) is 2.72. The Balaban J connectivity index is 1.44. The second-order valence-electron chi connectivity index (χ2n) is 5.85. The number of pyridine rings is 2. The zero-order valence-corrected chi connectivity index (χ0v) is 13.5. The molecule has 1 atom stereocenters. The first-order chi connectivity index (χ1) is 12.3. The average molecular weight is 335 g/mol. The second-order valence-corrected chi connectivity index (χ2v) is 5.85. The van der Waals surface area contributed by atoms with E-state index in [-0.39, 0.29) is 12.0 Å². The van der Waals surface area contributed by atoms with Gasteiger partial charge < -0.3 is 14.8 Å². The SMILES string of the molecule is O=C(Nc1ccc2ncccc2c1)c1ccc(OC2CCOC2)nc1. The third kappa shape index (κ3) is 3.59. The molecule has 4 rings (SSSR count). The minimum absolute atomic E-state index is 0.0402. The highest BCUT2D eigenvalue weighted by molar-refractivity contribution is 6.04. The number of hydrogen-bond acceptors (Lipinski definition) is 5. The molecule has 1 saturated heterocycles. The van der Waals surface area contributed by atoms with Crippen molar-refractivity contribution in [2.24, 2.45) is 0 Å². The molecule has 6 heteroatoms. The van der Waals surface area contributed by atoms with Gasteiger partial charge in [0.25, 0.3) is 5.91 Å². The van der Waals surface area contributed by atoms with Crippen LogP contribution in [0.1, 0.15) is 16.8 Å². The molecule has 126 valence electrons. The maximum Gasteiger partial charge on any atom is 0.257 e. The predicted octanol–water partition coefficient (Wildman–Crippen LogP) is 3.05. The highest BCUT2D eigenvalue weighted by Crippen LogP contribution is 2.19. The van der Waals surface area contributed by atoms with E-state index in [4.69, 9.17) is 9.47 Å². The van der Waals surface area contributed by atoms with Gasteiger partial charge in [0.05, 0.1) is 24.3 Å². The first kappa shape index (κ1) is 15.5. The number of amides is 1. The molecular weight excluding hydrogens is 318 g/mol. The van der Waals surface area contributed by atoms with Crippen molar-refractivity contribution in [3.8, 4) is 5.88 Å². The normalized spacial score (nSPS) is 16.7. The van der Waals surface area contributed by atoms with Crippen molar-refractivity contribution < 1.29 is 14.3 Å². The summed E-state index contributed by atoms with van der Waals surface area (Å²) in [6, 6.07) is 12.8. The highest BCUT2D eigenvalue weighted by Gasteiger charge is 2.18. The topological polar surface area (TPSA) is 73.3 Å². The molecule has 1 aromatic carbocycles. The Morgan fingerprint density at radius 3 is 2.96 bits per heavy atom. The van der Waals surface area contributed by atoms with Crippen molar-refractivity contribution >= 4 is 22.5 Å². The fourth-order valence-corrected chi connectivity index (χ4v) is 2.72. The first-order valence-electron chi connectivity index (χ1n) is 8.14. The molecule has 0 aliphatic carbocycles. The lowest BCUT2D eigenvalue weighted by Gasteiger charge is -2.11. The van der Waals surface area contributed by atoms with Crippen LogP contribution in [-0.2, 0) is 4.74 Å². The zero-order chi connectivity index (χ0) is 17.1. The van der Waals surface area contributed by atoms with Crippen LogP contribution in [0.5, 0.6) is 5.88 Å². The zero-order valence-electron chi connectivity index (χ0n) is 13.5. The van der Waals surface area contributed by atoms with E-state index in [1.165, 1.54) is 6.20 Å². The number of fused-ring (bicyclic) bond motifs is 1. The standard InChI is InChI=1S/C19H17N3O3/c23-19(22-15-4-5-17-13(10-15)2-1-8-20-17)14-3-6-18(21-11-14)25-16-7-9-24-12-16/h1-6,8,10-11,16H,7,9,12H2,(H,22,23). The molecule has 3 aromatic rings. The lowest BCUT2D eigenvalue weighted by Crippen LogP contribution is -2.17. The Kier molecular flexibility index (Phi) is 4.26. The van der Waals surface area contributed by atoms with Gasteiger partial charge in [0.1, 0.15) is 6.10 Å². The molecule has 1 amide bonds. The number of aromatic nitrogens is 2. The van der Waals surface area contributed by atoms with E-state index in [0.29, 0.717) is 30.3 Å². The van der Waals surface area contributed by atoms with Crippen LogP contribution in [0.3, 0.4) is 0 Å². The Morgan fingerprint density at radius 2 is 2.16 bits per heavy atom. The minimum atomic E-state index is -0.216. The summed E-state index contributed by atoms with van der Waals surface area (Å²) in [5, 5.41) is 3.85. The molecular formula is C19H17N3O3. The van der Waals surface area contributed by atoms with Crippen LogP contribution in [0, 0.1) is 0 Å². The number of anilines is 1. The van der Waals surface area contributed by atoms with Crippen molar-refractivity contribution in [3.63, 3.8) is 0 Å². The summed E-state index contributed by atoms with van der Waals surface area (Å²) in [6.45, 7) is 1.30. The van der Waals surface area contributed by atoms with Gasteiger partial charge in [-0.1, -0.05) is 6.07 Å². The van der Waals surface area contributed by atoms with E-state index in [2.05, 4.69) is 15.3 Å². The molecule has 1 aliphatic heterocycles. The molecule has 0 radical (unpaired) electrons. The summed E-state index contributed by atoms with van der Waals surface area (Å²) in [6.07, 6.45) is 4.16. The number of rotatable bonds is 4. The number of ether oxygens (including phenoxy) is 2. The van der Waals surface area contributed by atoms with E-state index >= 15 is 0 Å². The van der Waals surface area contributed by atoms with Crippen LogP contribution >= 0.6 is 0 Å². The summed E-state index contributed by atoms with van der Waals surface area (Å²) in [5.74, 6) is 0.287. The summed E-state index contributed by atoms with van der Waals surface area (Å²) in [5.41, 5.74) is 2.08. The molecule has 0 bridgehead atoms. The monoisotopic (exact) mass is 335 g/mol. The van der Waals surface area contributed by atoms with Crippen molar-refractivity contribution in [3.05, 3.63) is 60.4 Å². The third-order valence-electron chi connectivity index (χ3n) is 4.03. The first-order valence-corrected chi connectivity index (χ1v) is 8.14. The Morgan fingerprint density at radius 1 is 1.20 bits per heavy atom. The van der Waals surface area contributed by atoms with Crippen LogP contribution in [0.15, 0.2) is 54.9 Å². The van der Waals surface area contributed by atoms with E-state index in [0.717, 1.165) is 17.3 Å². The molecule has 6 nitrogen and oxygen atoms in total. The summed E-state index contributed by atoms with van der Waals surface area (Å²) < 4.78 is 11.0. The van der Waals surface area contributed by atoms with E-state index in [1.807, 2.05) is 30.3 Å². The quantitative estimate of drug-likeness (QED) is 0.793. The van der Waals surface area contributed by atoms with Gasteiger partial charge in [0.15, 0.2) is 0 Å². The van der Waals surface area contributed by atoms with Gasteiger partial charge in [-0.25, -0.2) is 4.98 Å². The van der Waals surface area contributed by atoms with Gasteiger partial charge in [-0.3, -0.25) is 9.78 Å². The van der Waals surface area contributed by atoms with Gasteiger partial charge in [-0.2, -0.15) is 0 Å². The second kappa shape index (κ2) is 6.86. The third-order valence-corrected chi connectivity index (χ3v) is 4.03. The maximum absolute atomic E-state index is 12.4.